The van der Waals surface area contributed by atoms with E-state index in [-0.39, 0.29) is 42.0 Å². The fraction of sp³-hybridized carbons (Fsp3) is 0.440. The van der Waals surface area contributed by atoms with Crippen molar-refractivity contribution in [2.45, 2.75) is 52.4 Å². The standard InChI is InChI=1S/C25H28F3N3O5S/c1-15(2)36-24(33)29-14-16(3)31(17(4)32)22-7-6-18(12-23(22)29)19-10-20(25(26,27)28)13-21(11-19)30-8-5-9-37(30,34)35/h6-7,10-13,15-16H,5,8-9,14H2,1-4H3/t16-/m0/s1. The van der Waals surface area contributed by atoms with Gasteiger partial charge in [-0.1, -0.05) is 6.07 Å². The number of rotatable bonds is 3. The average Bonchev–Trinajstić information content (AvgIpc) is 3.15. The van der Waals surface area contributed by atoms with E-state index in [1.807, 2.05) is 0 Å². The lowest BCUT2D eigenvalue weighted by Crippen LogP contribution is -2.51. The van der Waals surface area contributed by atoms with Crippen molar-refractivity contribution in [2.24, 2.45) is 0 Å². The predicted octanol–water partition coefficient (Wildman–Crippen LogP) is 5.02. The molecule has 37 heavy (non-hydrogen) atoms. The van der Waals surface area contributed by atoms with Crippen LogP contribution in [-0.4, -0.2) is 51.4 Å². The number of anilines is 3. The highest BCUT2D eigenvalue weighted by molar-refractivity contribution is 7.93. The zero-order valence-corrected chi connectivity index (χ0v) is 21.7. The number of carbonyl (C=O) groups excluding carboxylic acids is 2. The Labute approximate surface area is 213 Å². The van der Waals surface area contributed by atoms with E-state index in [0.29, 0.717) is 23.4 Å². The molecule has 1 saturated heterocycles. The van der Waals surface area contributed by atoms with Gasteiger partial charge < -0.3 is 9.64 Å². The van der Waals surface area contributed by atoms with Gasteiger partial charge >= 0.3 is 12.3 Å². The van der Waals surface area contributed by atoms with Gasteiger partial charge in [0, 0.05) is 20.0 Å². The van der Waals surface area contributed by atoms with Crippen LogP contribution in [-0.2, 0) is 25.7 Å². The molecule has 2 heterocycles. The lowest BCUT2D eigenvalue weighted by atomic mass is 9.98. The Kier molecular flexibility index (Phi) is 6.91. The summed E-state index contributed by atoms with van der Waals surface area (Å²) in [6.45, 7) is 6.78. The largest absolute Gasteiger partial charge is 0.446 e. The number of carbonyl (C=O) groups is 2. The van der Waals surface area contributed by atoms with Crippen molar-refractivity contribution in [1.29, 1.82) is 0 Å². The molecule has 2 aromatic rings. The number of ether oxygens (including phenoxy) is 1. The highest BCUT2D eigenvalue weighted by atomic mass is 32.2. The van der Waals surface area contributed by atoms with Crippen molar-refractivity contribution in [3.63, 3.8) is 0 Å². The minimum atomic E-state index is -4.71. The summed E-state index contributed by atoms with van der Waals surface area (Å²) in [5.74, 6) is -0.386. The highest BCUT2D eigenvalue weighted by Crippen LogP contribution is 2.42. The summed E-state index contributed by atoms with van der Waals surface area (Å²) in [5, 5.41) is 0. The van der Waals surface area contributed by atoms with Gasteiger partial charge in [-0.05, 0) is 68.7 Å². The van der Waals surface area contributed by atoms with Crippen LogP contribution < -0.4 is 14.1 Å². The predicted molar refractivity (Wildman–Crippen MR) is 134 cm³/mol. The first kappa shape index (κ1) is 26.8. The van der Waals surface area contributed by atoms with Crippen LogP contribution in [0.3, 0.4) is 0 Å². The van der Waals surface area contributed by atoms with Crippen LogP contribution in [0.5, 0.6) is 0 Å². The Morgan fingerprint density at radius 1 is 1.05 bits per heavy atom. The quantitative estimate of drug-likeness (QED) is 0.547. The summed E-state index contributed by atoms with van der Waals surface area (Å²) in [5.41, 5.74) is 0.113. The van der Waals surface area contributed by atoms with Gasteiger partial charge in [0.25, 0.3) is 0 Å². The molecule has 2 aliphatic rings. The summed E-state index contributed by atoms with van der Waals surface area (Å²) in [6, 6.07) is 7.45. The summed E-state index contributed by atoms with van der Waals surface area (Å²) >= 11 is 0. The monoisotopic (exact) mass is 539 g/mol. The Hall–Kier alpha value is -3.28. The minimum Gasteiger partial charge on any atom is -0.446 e. The fourth-order valence-electron chi connectivity index (χ4n) is 4.74. The van der Waals surface area contributed by atoms with Crippen LogP contribution >= 0.6 is 0 Å². The molecule has 0 aliphatic carbocycles. The maximum Gasteiger partial charge on any atom is 0.416 e. The maximum absolute atomic E-state index is 13.8. The van der Waals surface area contributed by atoms with Crippen molar-refractivity contribution < 1.29 is 35.9 Å². The second kappa shape index (κ2) is 9.55. The summed E-state index contributed by atoms with van der Waals surface area (Å²) < 4.78 is 72.7. The van der Waals surface area contributed by atoms with E-state index in [9.17, 15) is 31.2 Å². The second-order valence-corrected chi connectivity index (χ2v) is 11.5. The molecular weight excluding hydrogens is 511 g/mol. The number of alkyl halides is 3. The minimum absolute atomic E-state index is 0.0740. The molecule has 0 N–H and O–H groups in total. The zero-order chi connectivity index (χ0) is 27.3. The van der Waals surface area contributed by atoms with Crippen molar-refractivity contribution in [3.8, 4) is 11.1 Å². The third-order valence-corrected chi connectivity index (χ3v) is 8.14. The van der Waals surface area contributed by atoms with Gasteiger partial charge in [-0.2, -0.15) is 13.2 Å². The van der Waals surface area contributed by atoms with E-state index < -0.39 is 34.0 Å². The van der Waals surface area contributed by atoms with Gasteiger partial charge in [-0.15, -0.1) is 0 Å². The van der Waals surface area contributed by atoms with Crippen LogP contribution in [0.4, 0.5) is 35.0 Å². The Morgan fingerprint density at radius 2 is 1.76 bits per heavy atom. The highest BCUT2D eigenvalue weighted by Gasteiger charge is 2.37. The van der Waals surface area contributed by atoms with Crippen LogP contribution in [0, 0.1) is 0 Å². The molecule has 0 bridgehead atoms. The Balaban J connectivity index is 1.88. The van der Waals surface area contributed by atoms with Crippen molar-refractivity contribution in [3.05, 3.63) is 42.0 Å². The van der Waals surface area contributed by atoms with Gasteiger partial charge in [-0.3, -0.25) is 14.0 Å². The maximum atomic E-state index is 13.8. The number of halogens is 3. The SMILES string of the molecule is CC(=O)N1c2ccc(-c3cc(N4CCCS4(=O)=O)cc(C(F)(F)F)c3)cc2N(C(=O)OC(C)C)C[C@@H]1C. The number of fused-ring (bicyclic) bond motifs is 1. The van der Waals surface area contributed by atoms with E-state index in [4.69, 9.17) is 4.74 Å². The second-order valence-electron chi connectivity index (χ2n) is 9.49. The summed E-state index contributed by atoms with van der Waals surface area (Å²) in [6.07, 6.45) is -5.44. The molecule has 2 amide bonds. The molecule has 0 spiro atoms. The molecular formula is C25H28F3N3O5S. The molecule has 1 fully saturated rings. The summed E-state index contributed by atoms with van der Waals surface area (Å²) in [4.78, 5) is 28.2. The first-order chi connectivity index (χ1) is 17.2. The number of sulfonamides is 1. The van der Waals surface area contributed by atoms with Gasteiger partial charge in [-0.25, -0.2) is 13.2 Å². The van der Waals surface area contributed by atoms with Gasteiger partial charge in [0.05, 0.1) is 40.5 Å². The number of benzene rings is 2. The van der Waals surface area contributed by atoms with E-state index in [1.54, 1.807) is 32.9 Å². The van der Waals surface area contributed by atoms with Gasteiger partial charge in [0.2, 0.25) is 15.9 Å². The van der Waals surface area contributed by atoms with Crippen LogP contribution in [0.25, 0.3) is 11.1 Å². The van der Waals surface area contributed by atoms with Crippen LogP contribution in [0.15, 0.2) is 36.4 Å². The molecule has 4 rings (SSSR count). The van der Waals surface area contributed by atoms with Gasteiger partial charge in [0.1, 0.15) is 0 Å². The van der Waals surface area contributed by atoms with E-state index in [1.165, 1.54) is 28.9 Å². The first-order valence-electron chi connectivity index (χ1n) is 11.8. The molecule has 1 atom stereocenters. The molecule has 0 radical (unpaired) electrons. The van der Waals surface area contributed by atoms with E-state index >= 15 is 0 Å². The third-order valence-electron chi connectivity index (χ3n) is 6.28. The first-order valence-corrected chi connectivity index (χ1v) is 13.4. The van der Waals surface area contributed by atoms with E-state index in [2.05, 4.69) is 0 Å². The normalized spacial score (nSPS) is 19.2. The van der Waals surface area contributed by atoms with Crippen molar-refractivity contribution >= 4 is 39.1 Å². The van der Waals surface area contributed by atoms with Crippen molar-refractivity contribution in [1.82, 2.24) is 0 Å². The fourth-order valence-corrected chi connectivity index (χ4v) is 6.29. The van der Waals surface area contributed by atoms with Gasteiger partial charge in [0.15, 0.2) is 0 Å². The molecule has 0 aromatic heterocycles. The Bertz CT molecular complexity index is 1340. The number of hydrogen-bond acceptors (Lipinski definition) is 5. The average molecular weight is 540 g/mol. The lowest BCUT2D eigenvalue weighted by Gasteiger charge is -2.40. The van der Waals surface area contributed by atoms with Crippen LogP contribution in [0.2, 0.25) is 0 Å². The lowest BCUT2D eigenvalue weighted by molar-refractivity contribution is -0.137. The number of nitrogens with zero attached hydrogens (tertiary/aromatic N) is 3. The molecule has 2 aliphatic heterocycles. The molecule has 12 heteroatoms. The molecule has 0 unspecified atom stereocenters. The molecule has 0 saturated carbocycles. The van der Waals surface area contributed by atoms with Crippen LogP contribution in [0.1, 0.15) is 39.7 Å². The number of hydrogen-bond donors (Lipinski definition) is 0. The summed E-state index contributed by atoms with van der Waals surface area (Å²) in [7, 11) is -3.72. The van der Waals surface area contributed by atoms with E-state index in [0.717, 1.165) is 16.4 Å². The van der Waals surface area contributed by atoms with Crippen molar-refractivity contribution in [2.75, 3.05) is 32.9 Å². The molecule has 200 valence electrons. The third kappa shape index (κ3) is 5.25. The molecule has 2 aromatic carbocycles. The Morgan fingerprint density at radius 3 is 2.32 bits per heavy atom. The molecule has 8 nitrogen and oxygen atoms in total. The topological polar surface area (TPSA) is 87.2 Å². The smallest absolute Gasteiger partial charge is 0.416 e. The number of amides is 2. The zero-order valence-electron chi connectivity index (χ0n) is 20.9.